The number of piperidine rings is 1. The number of hydrogen-bond donors (Lipinski definition) is 2. The van der Waals surface area contributed by atoms with Crippen molar-refractivity contribution in [3.05, 3.63) is 64.3 Å². The topological polar surface area (TPSA) is 91.0 Å². The minimum Gasteiger partial charge on any atom is -0.381 e. The highest BCUT2D eigenvalue weighted by Crippen LogP contribution is 2.32. The van der Waals surface area contributed by atoms with Crippen LogP contribution in [0.5, 0.6) is 0 Å². The number of morpholine rings is 1. The quantitative estimate of drug-likeness (QED) is 0.603. The zero-order valence-corrected chi connectivity index (χ0v) is 16.5. The molecule has 8 nitrogen and oxygen atoms in total. The molecule has 34 heavy (non-hydrogen) atoms. The van der Waals surface area contributed by atoms with E-state index in [9.17, 15) is 14.4 Å². The molecule has 2 aromatic rings. The van der Waals surface area contributed by atoms with Gasteiger partial charge in [-0.15, -0.1) is 0 Å². The van der Waals surface area contributed by atoms with E-state index in [0.29, 0.717) is 0 Å². The van der Waals surface area contributed by atoms with Crippen LogP contribution in [0.2, 0.25) is 0 Å². The van der Waals surface area contributed by atoms with E-state index in [1.807, 2.05) is 0 Å². The normalized spacial score (nSPS) is 42.4. The lowest BCUT2D eigenvalue weighted by atomic mass is 10.0. The highest BCUT2D eigenvalue weighted by atomic mass is 19.1. The van der Waals surface area contributed by atoms with Gasteiger partial charge in [-0.1, -0.05) is 12.1 Å². The summed E-state index contributed by atoms with van der Waals surface area (Å²) in [4.78, 5) is 38.0. The number of hydrogen-bond acceptors (Lipinski definition) is 6. The van der Waals surface area contributed by atoms with E-state index in [0.717, 1.165) is 0 Å². The molecule has 3 aliphatic heterocycles. The molecule has 3 heterocycles. The van der Waals surface area contributed by atoms with Gasteiger partial charge in [-0.05, 0) is 36.1 Å². The van der Waals surface area contributed by atoms with Gasteiger partial charge in [0.05, 0.1) is 32.3 Å². The van der Waals surface area contributed by atoms with Crippen LogP contribution in [-0.4, -0.2) is 59.7 Å². The molecule has 1 atom stereocenters. The summed E-state index contributed by atoms with van der Waals surface area (Å²) in [7, 11) is 0. The number of nitrogens with one attached hydrogen (secondary N) is 2. The van der Waals surface area contributed by atoms with Gasteiger partial charge < -0.3 is 15.0 Å². The number of imide groups is 1. The van der Waals surface area contributed by atoms with E-state index in [2.05, 4.69) is 4.74 Å². The average molecular weight is 491 g/mol. The Morgan fingerprint density at radius 3 is 2.88 bits per heavy atom. The van der Waals surface area contributed by atoms with Crippen molar-refractivity contribution in [3.63, 3.8) is 0 Å². The van der Waals surface area contributed by atoms with Crippen LogP contribution in [0, 0.1) is 5.82 Å². The third kappa shape index (κ3) is 4.53. The fraction of sp³-hybridized carbons (Fsp3) is 0.400. The Labute approximate surface area is 230 Å². The Hall–Kier alpha value is -3.30. The lowest BCUT2D eigenvalue weighted by Crippen LogP contribution is -2.52. The van der Waals surface area contributed by atoms with Gasteiger partial charge >= 0.3 is 0 Å². The molecule has 0 aromatic heterocycles. The van der Waals surface area contributed by atoms with Gasteiger partial charge in [-0.2, -0.15) is 0 Å². The molecular weight excluding hydrogens is 439 g/mol. The summed E-state index contributed by atoms with van der Waals surface area (Å²) in [6, 6.07) is -12.1. The molecule has 1 unspecified atom stereocenters. The average Bonchev–Trinajstić information content (AvgIpc) is 3.22. The van der Waals surface area contributed by atoms with Crippen LogP contribution >= 0.6 is 0 Å². The molecule has 0 spiro atoms. The van der Waals surface area contributed by atoms with E-state index in [-0.39, 0.29) is 4.90 Å². The van der Waals surface area contributed by atoms with Crippen LogP contribution in [0.4, 0.5) is 10.1 Å². The Morgan fingerprint density at radius 2 is 2.06 bits per heavy atom. The van der Waals surface area contributed by atoms with E-state index in [1.165, 1.54) is 5.32 Å². The molecule has 178 valence electrons. The summed E-state index contributed by atoms with van der Waals surface area (Å²) in [6.07, 6.45) is -7.36. The van der Waals surface area contributed by atoms with Crippen LogP contribution in [0.15, 0.2) is 36.3 Å². The second-order valence-corrected chi connectivity index (χ2v) is 6.44. The summed E-state index contributed by atoms with van der Waals surface area (Å²) in [5.41, 5.74) is -7.52. The maximum absolute atomic E-state index is 16.0. The van der Waals surface area contributed by atoms with Crippen molar-refractivity contribution < 1.29 is 56.4 Å². The highest BCUT2D eigenvalue weighted by molar-refractivity contribution is 6.06. The smallest absolute Gasteiger partial charge is 0.255 e. The standard InChI is InChI=1S/C25H27FN4O4/c26-20-5-4-16(14-29-8-10-34-11-9-29)12-17(20)13-27-21-3-1-2-18-19(21)15-30(25(18)33)22-6-7-23(31)28-24(22)32/h1-5,12,22,27H,6-11,13-15H2,(H,28,31,32)/i1D,2D,3D,4D,5D,6D2,7D2,8D2,9D2,10D2,11D2,12D,13D2,14D2,15D2. The van der Waals surface area contributed by atoms with Crippen molar-refractivity contribution >= 4 is 23.4 Å². The summed E-state index contributed by atoms with van der Waals surface area (Å²) in [5, 5.41) is 3.20. The first-order valence-corrected chi connectivity index (χ1v) is 9.16. The van der Waals surface area contributed by atoms with E-state index >= 15 is 4.39 Å². The van der Waals surface area contributed by atoms with Crippen molar-refractivity contribution in [1.82, 2.24) is 15.1 Å². The van der Waals surface area contributed by atoms with E-state index in [1.54, 1.807) is 5.32 Å². The minimum absolute atomic E-state index is 0.267. The Balaban J connectivity index is 1.75. The Morgan fingerprint density at radius 1 is 1.24 bits per heavy atom. The van der Waals surface area contributed by atoms with Gasteiger partial charge in [0.1, 0.15) is 11.9 Å². The SMILES string of the molecule is [2H]c1c([2H])c(NC([2H])([2H])c2c([2H])c(C([2H])([2H])N3C([2H])([2H])C([2H])([2H])OC([2H])([2H])C3([2H])[2H])c([2H])c([2H])c2F)c2c(c1[2H])C(=O)N(C1C(=O)NC(=O)C([2H])([2H])C1([2H])[2H])C2([2H])[2H]. The second kappa shape index (κ2) is 9.52. The largest absolute Gasteiger partial charge is 0.381 e. The Kier molecular flexibility index (Phi) is 2.20. The molecule has 3 amide bonds. The maximum Gasteiger partial charge on any atom is 0.255 e. The predicted molar refractivity (Wildman–Crippen MR) is 122 cm³/mol. The van der Waals surface area contributed by atoms with Gasteiger partial charge in [-0.3, -0.25) is 24.6 Å². The molecule has 2 fully saturated rings. The number of fused-ring (bicyclic) bond motifs is 1. The third-order valence-electron chi connectivity index (χ3n) is 4.33. The molecule has 0 saturated carbocycles. The number of rotatable bonds is 6. The Bertz CT molecular complexity index is 2170. The predicted octanol–water partition coefficient (Wildman–Crippen LogP) is 2.03. The van der Waals surface area contributed by atoms with E-state index < -0.39 is 157 Å². The van der Waals surface area contributed by atoms with Crippen molar-refractivity contribution in [3.8, 4) is 0 Å². The first kappa shape index (κ1) is 7.86. The second-order valence-electron chi connectivity index (χ2n) is 6.44. The van der Waals surface area contributed by atoms with Gasteiger partial charge in [0, 0.05) is 74.9 Å². The first-order chi connectivity index (χ1) is 25.7. The number of ether oxygens (including phenoxy) is 1. The van der Waals surface area contributed by atoms with Crippen LogP contribution in [0.3, 0.4) is 0 Å². The third-order valence-corrected chi connectivity index (χ3v) is 4.33. The van der Waals surface area contributed by atoms with Crippen LogP contribution in [-0.2, 0) is 33.8 Å². The summed E-state index contributed by atoms with van der Waals surface area (Å²) in [6.45, 7) is -27.8. The zero-order valence-electron chi connectivity index (χ0n) is 40.5. The number of carbonyl (C=O) groups excluding carboxylic acids is 3. The molecule has 3 aliphatic rings. The number of anilines is 1. The highest BCUT2D eigenvalue weighted by Gasteiger charge is 2.39. The van der Waals surface area contributed by atoms with Gasteiger partial charge in [0.2, 0.25) is 11.8 Å². The van der Waals surface area contributed by atoms with Gasteiger partial charge in [0.25, 0.3) is 5.91 Å². The molecular formula is C25H27FN4O4. The molecule has 5 rings (SSSR count). The summed E-state index contributed by atoms with van der Waals surface area (Å²) >= 11 is 0. The number of amides is 3. The van der Waals surface area contributed by atoms with Crippen LogP contribution in [0.1, 0.15) is 72.7 Å². The lowest BCUT2D eigenvalue weighted by molar-refractivity contribution is -0.136. The van der Waals surface area contributed by atoms with Crippen LogP contribution < -0.4 is 10.6 Å². The molecule has 0 bridgehead atoms. The number of halogens is 1. The maximum atomic E-state index is 16.0. The lowest BCUT2D eigenvalue weighted by Gasteiger charge is -2.29. The number of carbonyl (C=O) groups is 3. The molecule has 2 N–H and O–H groups in total. The first-order valence-electron chi connectivity index (χ1n) is 21.2. The van der Waals surface area contributed by atoms with Gasteiger partial charge in [-0.25, -0.2) is 4.39 Å². The van der Waals surface area contributed by atoms with E-state index in [4.69, 9.17) is 32.9 Å². The number of benzene rings is 2. The minimum atomic E-state index is -4.20. The summed E-state index contributed by atoms with van der Waals surface area (Å²) < 4.78 is 220. The molecule has 0 aliphatic carbocycles. The van der Waals surface area contributed by atoms with Crippen molar-refractivity contribution in [2.75, 3.05) is 31.4 Å². The molecule has 2 saturated heterocycles. The fourth-order valence-corrected chi connectivity index (χ4v) is 2.85. The fourth-order valence-electron chi connectivity index (χ4n) is 2.85. The number of nitrogens with zero attached hydrogens (tertiary/aromatic N) is 2. The van der Waals surface area contributed by atoms with Crippen molar-refractivity contribution in [2.24, 2.45) is 0 Å². The van der Waals surface area contributed by atoms with Crippen LogP contribution in [0.25, 0.3) is 0 Å². The zero-order chi connectivity index (χ0) is 45.0. The summed E-state index contributed by atoms with van der Waals surface area (Å²) in [5.74, 6) is -7.57. The molecule has 2 aromatic carbocycles. The molecule has 9 heteroatoms. The van der Waals surface area contributed by atoms with Gasteiger partial charge in [0.15, 0.2) is 0 Å². The van der Waals surface area contributed by atoms with Crippen molar-refractivity contribution in [1.29, 1.82) is 0 Å². The monoisotopic (exact) mass is 490 g/mol. The van der Waals surface area contributed by atoms with Crippen molar-refractivity contribution in [2.45, 2.75) is 38.3 Å². The molecule has 0 radical (unpaired) electrons.